The van der Waals surface area contributed by atoms with E-state index in [9.17, 15) is 10.2 Å². The highest BCUT2D eigenvalue weighted by molar-refractivity contribution is 5.59. The number of phenolic OH excluding ortho intramolecular Hbond substituents is 2. The van der Waals surface area contributed by atoms with Crippen LogP contribution in [0, 0.1) is 20.8 Å². The van der Waals surface area contributed by atoms with Gasteiger partial charge in [0.05, 0.1) is 0 Å². The lowest BCUT2D eigenvalue weighted by Gasteiger charge is -2.20. The lowest BCUT2D eigenvalue weighted by atomic mass is 10.0. The molecule has 20 heavy (non-hydrogen) atoms. The summed E-state index contributed by atoms with van der Waals surface area (Å²) in [5.41, 5.74) is 5.58. The number of phenols is 2. The zero-order chi connectivity index (χ0) is 14.9. The molecule has 0 saturated heterocycles. The molecule has 2 rings (SSSR count). The molecule has 0 aliphatic heterocycles. The molecule has 1 atom stereocenters. The van der Waals surface area contributed by atoms with Crippen molar-refractivity contribution in [3.63, 3.8) is 0 Å². The fourth-order valence-corrected chi connectivity index (χ4v) is 2.58. The van der Waals surface area contributed by atoms with Crippen molar-refractivity contribution in [2.75, 3.05) is 5.32 Å². The minimum atomic E-state index is -0.00638. The molecule has 3 nitrogen and oxygen atoms in total. The van der Waals surface area contributed by atoms with Gasteiger partial charge in [0, 0.05) is 17.8 Å². The van der Waals surface area contributed by atoms with Gasteiger partial charge in [-0.2, -0.15) is 0 Å². The van der Waals surface area contributed by atoms with Gasteiger partial charge in [-0.25, -0.2) is 0 Å². The van der Waals surface area contributed by atoms with Crippen molar-refractivity contribution in [2.24, 2.45) is 0 Å². The van der Waals surface area contributed by atoms with Crippen LogP contribution in [0.25, 0.3) is 0 Å². The lowest BCUT2D eigenvalue weighted by molar-refractivity contribution is 0.448. The molecule has 0 spiro atoms. The van der Waals surface area contributed by atoms with Gasteiger partial charge in [0.15, 0.2) is 0 Å². The Morgan fingerprint density at radius 3 is 1.85 bits per heavy atom. The van der Waals surface area contributed by atoms with Crippen LogP contribution in [-0.4, -0.2) is 10.2 Å². The van der Waals surface area contributed by atoms with Crippen LogP contribution in [0.4, 0.5) is 5.69 Å². The van der Waals surface area contributed by atoms with E-state index in [0.29, 0.717) is 0 Å². The Bertz CT molecular complexity index is 592. The number of hydrogen-bond acceptors (Lipinski definition) is 3. The number of aryl methyl sites for hydroxylation is 3. The normalized spacial score (nSPS) is 12.2. The molecule has 2 aromatic rings. The second-order valence-electron chi connectivity index (χ2n) is 5.42. The first-order chi connectivity index (χ1) is 9.36. The molecule has 0 saturated carbocycles. The molecule has 106 valence electrons. The van der Waals surface area contributed by atoms with Crippen LogP contribution in [0.15, 0.2) is 30.3 Å². The van der Waals surface area contributed by atoms with Crippen LogP contribution in [0.3, 0.4) is 0 Å². The molecule has 0 heterocycles. The Morgan fingerprint density at radius 1 is 0.850 bits per heavy atom. The average Bonchev–Trinajstić information content (AvgIpc) is 2.32. The Kier molecular flexibility index (Phi) is 3.89. The van der Waals surface area contributed by atoms with E-state index >= 15 is 0 Å². The summed E-state index contributed by atoms with van der Waals surface area (Å²) in [5.74, 6) is 0.150. The highest BCUT2D eigenvalue weighted by Crippen LogP contribution is 2.30. The van der Waals surface area contributed by atoms with E-state index in [1.807, 2.05) is 6.92 Å². The average molecular weight is 271 g/mol. The maximum Gasteiger partial charge on any atom is 0.119 e. The second kappa shape index (κ2) is 5.45. The monoisotopic (exact) mass is 271 g/mol. The number of aromatic hydroxyl groups is 2. The van der Waals surface area contributed by atoms with Crippen molar-refractivity contribution in [2.45, 2.75) is 33.7 Å². The van der Waals surface area contributed by atoms with E-state index in [2.05, 4.69) is 38.2 Å². The number of nitrogens with one attached hydrogen (secondary N) is 1. The number of anilines is 1. The summed E-state index contributed by atoms with van der Waals surface area (Å²) >= 11 is 0. The highest BCUT2D eigenvalue weighted by Gasteiger charge is 2.11. The lowest BCUT2D eigenvalue weighted by Crippen LogP contribution is -2.09. The molecule has 0 aromatic heterocycles. The summed E-state index contributed by atoms with van der Waals surface area (Å²) in [6.07, 6.45) is 0. The van der Waals surface area contributed by atoms with Crippen LogP contribution < -0.4 is 5.32 Å². The van der Waals surface area contributed by atoms with E-state index < -0.39 is 0 Å². The minimum absolute atomic E-state index is 0.00638. The Hall–Kier alpha value is -2.16. The predicted molar refractivity (Wildman–Crippen MR) is 82.5 cm³/mol. The summed E-state index contributed by atoms with van der Waals surface area (Å²) in [6.45, 7) is 8.25. The third-order valence-corrected chi connectivity index (χ3v) is 3.46. The van der Waals surface area contributed by atoms with Crippen molar-refractivity contribution in [3.05, 3.63) is 52.6 Å². The third-order valence-electron chi connectivity index (χ3n) is 3.46. The molecule has 0 bridgehead atoms. The SMILES string of the molecule is Cc1cc(C)c(NC(C)c2cc(O)cc(O)c2)c(C)c1. The van der Waals surface area contributed by atoms with Gasteiger partial charge in [0.1, 0.15) is 11.5 Å². The number of rotatable bonds is 3. The molecular formula is C17H21NO2. The van der Waals surface area contributed by atoms with Crippen molar-refractivity contribution in [3.8, 4) is 11.5 Å². The zero-order valence-electron chi connectivity index (χ0n) is 12.4. The molecule has 0 amide bonds. The largest absolute Gasteiger partial charge is 0.508 e. The summed E-state index contributed by atoms with van der Waals surface area (Å²) < 4.78 is 0. The van der Waals surface area contributed by atoms with E-state index in [-0.39, 0.29) is 17.5 Å². The molecule has 0 fully saturated rings. The van der Waals surface area contributed by atoms with E-state index in [1.54, 1.807) is 12.1 Å². The van der Waals surface area contributed by atoms with Gasteiger partial charge in [0.25, 0.3) is 0 Å². The maximum absolute atomic E-state index is 9.57. The molecule has 3 N–H and O–H groups in total. The summed E-state index contributed by atoms with van der Waals surface area (Å²) in [7, 11) is 0. The summed E-state index contributed by atoms with van der Waals surface area (Å²) in [5, 5.41) is 22.6. The van der Waals surface area contributed by atoms with Crippen LogP contribution in [0.5, 0.6) is 11.5 Å². The quantitative estimate of drug-likeness (QED) is 0.784. The number of benzene rings is 2. The highest BCUT2D eigenvalue weighted by atomic mass is 16.3. The smallest absolute Gasteiger partial charge is 0.119 e. The third kappa shape index (κ3) is 3.05. The first-order valence-corrected chi connectivity index (χ1v) is 6.74. The van der Waals surface area contributed by atoms with Crippen molar-refractivity contribution >= 4 is 5.69 Å². The maximum atomic E-state index is 9.57. The summed E-state index contributed by atoms with van der Waals surface area (Å²) in [6, 6.07) is 8.93. The molecule has 1 unspecified atom stereocenters. The molecule has 0 aliphatic carbocycles. The van der Waals surface area contributed by atoms with Crippen LogP contribution in [-0.2, 0) is 0 Å². The van der Waals surface area contributed by atoms with E-state index in [0.717, 1.165) is 11.3 Å². The molecular weight excluding hydrogens is 250 g/mol. The van der Waals surface area contributed by atoms with Gasteiger partial charge in [0.2, 0.25) is 0 Å². The van der Waals surface area contributed by atoms with Crippen molar-refractivity contribution in [1.82, 2.24) is 0 Å². The zero-order valence-corrected chi connectivity index (χ0v) is 12.4. The minimum Gasteiger partial charge on any atom is -0.508 e. The fraction of sp³-hybridized carbons (Fsp3) is 0.294. The van der Waals surface area contributed by atoms with Gasteiger partial charge in [-0.3, -0.25) is 0 Å². The topological polar surface area (TPSA) is 52.5 Å². The van der Waals surface area contributed by atoms with Gasteiger partial charge in [-0.15, -0.1) is 0 Å². The Morgan fingerprint density at radius 2 is 1.35 bits per heavy atom. The van der Waals surface area contributed by atoms with Gasteiger partial charge >= 0.3 is 0 Å². The fourth-order valence-electron chi connectivity index (χ4n) is 2.58. The molecule has 3 heteroatoms. The van der Waals surface area contributed by atoms with E-state index in [1.165, 1.54) is 22.8 Å². The van der Waals surface area contributed by atoms with Crippen molar-refractivity contribution in [1.29, 1.82) is 0 Å². The molecule has 0 radical (unpaired) electrons. The molecule has 0 aliphatic rings. The van der Waals surface area contributed by atoms with E-state index in [4.69, 9.17) is 0 Å². The van der Waals surface area contributed by atoms with Gasteiger partial charge in [-0.1, -0.05) is 17.7 Å². The van der Waals surface area contributed by atoms with Gasteiger partial charge < -0.3 is 15.5 Å². The predicted octanol–water partition coefficient (Wildman–Crippen LogP) is 4.20. The van der Waals surface area contributed by atoms with Gasteiger partial charge in [-0.05, 0) is 56.5 Å². The molecule has 2 aromatic carbocycles. The van der Waals surface area contributed by atoms with Crippen LogP contribution >= 0.6 is 0 Å². The first kappa shape index (κ1) is 14.3. The number of hydrogen-bond donors (Lipinski definition) is 3. The van der Waals surface area contributed by atoms with Crippen LogP contribution in [0.2, 0.25) is 0 Å². The second-order valence-corrected chi connectivity index (χ2v) is 5.42. The van der Waals surface area contributed by atoms with Crippen molar-refractivity contribution < 1.29 is 10.2 Å². The summed E-state index contributed by atoms with van der Waals surface area (Å²) in [4.78, 5) is 0. The standard InChI is InChI=1S/C17H21NO2/c1-10-5-11(2)17(12(3)6-10)18-13(4)14-7-15(19)9-16(20)8-14/h5-9,13,18-20H,1-4H3. The Labute approximate surface area is 119 Å². The Balaban J connectivity index is 2.30. The van der Waals surface area contributed by atoms with Crippen LogP contribution in [0.1, 0.15) is 35.2 Å². The first-order valence-electron chi connectivity index (χ1n) is 6.74.